The number of nitrogens with one attached hydrogen (secondary N) is 1. The molecule has 21 heavy (non-hydrogen) atoms. The Morgan fingerprint density at radius 3 is 2.57 bits per heavy atom. The first-order valence-electron chi connectivity index (χ1n) is 8.50. The zero-order chi connectivity index (χ0) is 14.7. The van der Waals surface area contributed by atoms with Gasteiger partial charge in [0.15, 0.2) is 0 Å². The van der Waals surface area contributed by atoms with E-state index < -0.39 is 0 Å². The Morgan fingerprint density at radius 2 is 1.86 bits per heavy atom. The first kappa shape index (κ1) is 14.9. The van der Waals surface area contributed by atoms with Gasteiger partial charge in [0, 0.05) is 37.8 Å². The second-order valence-corrected chi connectivity index (χ2v) is 6.64. The minimum atomic E-state index is 0.396. The van der Waals surface area contributed by atoms with Crippen molar-refractivity contribution in [2.75, 3.05) is 26.2 Å². The molecule has 1 saturated carbocycles. The maximum absolute atomic E-state index is 10.6. The molecule has 1 aliphatic heterocycles. The standard InChI is InChI=1S/C18H28N2O/c1-14-6-5-9-16(18(14)21)17(15-7-3-2-4-8-15)20-12-10-19-11-13-20/h5-6,9,15,17,19,21H,2-4,7-8,10-13H2,1H3/t17-/m1/s1. The monoisotopic (exact) mass is 288 g/mol. The van der Waals surface area contributed by atoms with Crippen LogP contribution in [0.25, 0.3) is 0 Å². The topological polar surface area (TPSA) is 35.5 Å². The Bertz CT molecular complexity index is 444. The third kappa shape index (κ3) is 3.24. The highest BCUT2D eigenvalue weighted by Gasteiger charge is 2.32. The molecule has 2 aliphatic rings. The maximum atomic E-state index is 10.6. The van der Waals surface area contributed by atoms with Crippen molar-refractivity contribution in [3.63, 3.8) is 0 Å². The zero-order valence-electron chi connectivity index (χ0n) is 13.1. The molecule has 1 heterocycles. The van der Waals surface area contributed by atoms with E-state index in [-0.39, 0.29) is 0 Å². The number of rotatable bonds is 3. The van der Waals surface area contributed by atoms with Gasteiger partial charge in [0.1, 0.15) is 5.75 Å². The van der Waals surface area contributed by atoms with E-state index >= 15 is 0 Å². The SMILES string of the molecule is Cc1cccc([C@@H](C2CCCCC2)N2CCNCC2)c1O. The van der Waals surface area contributed by atoms with Crippen LogP contribution in [-0.4, -0.2) is 36.2 Å². The van der Waals surface area contributed by atoms with Crippen LogP contribution in [0, 0.1) is 12.8 Å². The van der Waals surface area contributed by atoms with Gasteiger partial charge < -0.3 is 10.4 Å². The Kier molecular flexibility index (Phi) is 4.81. The van der Waals surface area contributed by atoms with E-state index in [1.165, 1.54) is 32.1 Å². The average molecular weight is 288 g/mol. The van der Waals surface area contributed by atoms with E-state index in [2.05, 4.69) is 22.3 Å². The van der Waals surface area contributed by atoms with Gasteiger partial charge in [0.05, 0.1) is 0 Å². The summed E-state index contributed by atoms with van der Waals surface area (Å²) in [4.78, 5) is 2.60. The van der Waals surface area contributed by atoms with Crippen molar-refractivity contribution >= 4 is 0 Å². The molecule has 1 aromatic rings. The lowest BCUT2D eigenvalue weighted by Crippen LogP contribution is -2.47. The molecule has 1 atom stereocenters. The summed E-state index contributed by atoms with van der Waals surface area (Å²) in [7, 11) is 0. The van der Waals surface area contributed by atoms with Crippen LogP contribution >= 0.6 is 0 Å². The summed E-state index contributed by atoms with van der Waals surface area (Å²) in [6.07, 6.45) is 6.69. The third-order valence-electron chi connectivity index (χ3n) is 5.23. The van der Waals surface area contributed by atoms with E-state index in [0.717, 1.165) is 37.3 Å². The van der Waals surface area contributed by atoms with Gasteiger partial charge in [-0.2, -0.15) is 0 Å². The molecule has 0 bridgehead atoms. The molecule has 1 aliphatic carbocycles. The molecule has 0 spiro atoms. The van der Waals surface area contributed by atoms with Crippen molar-refractivity contribution in [3.05, 3.63) is 29.3 Å². The lowest BCUT2D eigenvalue weighted by atomic mass is 9.79. The summed E-state index contributed by atoms with van der Waals surface area (Å²) in [5.41, 5.74) is 2.16. The van der Waals surface area contributed by atoms with Crippen LogP contribution in [0.4, 0.5) is 0 Å². The van der Waals surface area contributed by atoms with Crippen LogP contribution in [0.3, 0.4) is 0 Å². The lowest BCUT2D eigenvalue weighted by Gasteiger charge is -2.41. The number of hydrogen-bond acceptors (Lipinski definition) is 3. The number of para-hydroxylation sites is 1. The molecular formula is C18H28N2O. The van der Waals surface area contributed by atoms with Crippen LogP contribution in [-0.2, 0) is 0 Å². The molecule has 0 aromatic heterocycles. The van der Waals surface area contributed by atoms with Crippen LogP contribution in [0.15, 0.2) is 18.2 Å². The summed E-state index contributed by atoms with van der Waals surface area (Å²) in [5.74, 6) is 1.22. The predicted molar refractivity (Wildman–Crippen MR) is 86.6 cm³/mol. The van der Waals surface area contributed by atoms with Crippen molar-refractivity contribution < 1.29 is 5.11 Å². The second-order valence-electron chi connectivity index (χ2n) is 6.64. The first-order chi connectivity index (χ1) is 10.3. The molecule has 1 saturated heterocycles. The van der Waals surface area contributed by atoms with Gasteiger partial charge >= 0.3 is 0 Å². The van der Waals surface area contributed by atoms with E-state index in [1.54, 1.807) is 0 Å². The molecule has 1 aromatic carbocycles. The molecule has 2 N–H and O–H groups in total. The quantitative estimate of drug-likeness (QED) is 0.896. The van der Waals surface area contributed by atoms with Crippen LogP contribution in [0.1, 0.15) is 49.3 Å². The predicted octanol–water partition coefficient (Wildman–Crippen LogP) is 3.23. The van der Waals surface area contributed by atoms with Crippen LogP contribution in [0.2, 0.25) is 0 Å². The van der Waals surface area contributed by atoms with Gasteiger partial charge in [-0.3, -0.25) is 4.90 Å². The molecule has 2 fully saturated rings. The molecular weight excluding hydrogens is 260 g/mol. The number of benzene rings is 1. The summed E-state index contributed by atoms with van der Waals surface area (Å²) in [5, 5.41) is 14.0. The smallest absolute Gasteiger partial charge is 0.123 e. The number of piperazine rings is 1. The van der Waals surface area contributed by atoms with Crippen LogP contribution < -0.4 is 5.32 Å². The van der Waals surface area contributed by atoms with Gasteiger partial charge in [0.2, 0.25) is 0 Å². The maximum Gasteiger partial charge on any atom is 0.123 e. The average Bonchev–Trinajstić information content (AvgIpc) is 2.54. The van der Waals surface area contributed by atoms with Crippen molar-refractivity contribution in [2.45, 2.75) is 45.1 Å². The highest BCUT2D eigenvalue weighted by Crippen LogP contribution is 2.42. The number of aryl methyl sites for hydroxylation is 1. The number of phenolic OH excluding ortho intramolecular Hbond substituents is 1. The van der Waals surface area contributed by atoms with Crippen molar-refractivity contribution in [3.8, 4) is 5.75 Å². The van der Waals surface area contributed by atoms with Crippen molar-refractivity contribution in [2.24, 2.45) is 5.92 Å². The van der Waals surface area contributed by atoms with Gasteiger partial charge in [-0.1, -0.05) is 37.5 Å². The first-order valence-corrected chi connectivity index (χ1v) is 8.50. The van der Waals surface area contributed by atoms with Gasteiger partial charge in [0.25, 0.3) is 0 Å². The van der Waals surface area contributed by atoms with Crippen molar-refractivity contribution in [1.29, 1.82) is 0 Å². The molecule has 3 heteroatoms. The minimum Gasteiger partial charge on any atom is -0.507 e. The normalized spacial score (nSPS) is 23.1. The van der Waals surface area contributed by atoms with Gasteiger partial charge in [-0.15, -0.1) is 0 Å². The molecule has 116 valence electrons. The highest BCUT2D eigenvalue weighted by atomic mass is 16.3. The fourth-order valence-corrected chi connectivity index (χ4v) is 4.08. The zero-order valence-corrected chi connectivity index (χ0v) is 13.1. The van der Waals surface area contributed by atoms with Crippen LogP contribution in [0.5, 0.6) is 5.75 Å². The Morgan fingerprint density at radius 1 is 1.14 bits per heavy atom. The summed E-state index contributed by atoms with van der Waals surface area (Å²) < 4.78 is 0. The van der Waals surface area contributed by atoms with Crippen molar-refractivity contribution in [1.82, 2.24) is 10.2 Å². The Hall–Kier alpha value is -1.06. The van der Waals surface area contributed by atoms with E-state index in [1.807, 2.05) is 13.0 Å². The largest absolute Gasteiger partial charge is 0.507 e. The second kappa shape index (κ2) is 6.80. The summed E-state index contributed by atoms with van der Waals surface area (Å²) in [6.45, 7) is 6.32. The summed E-state index contributed by atoms with van der Waals surface area (Å²) in [6, 6.07) is 6.65. The Labute approximate surface area is 128 Å². The molecule has 3 nitrogen and oxygen atoms in total. The summed E-state index contributed by atoms with van der Waals surface area (Å²) >= 11 is 0. The van der Waals surface area contributed by atoms with Gasteiger partial charge in [-0.25, -0.2) is 0 Å². The number of nitrogens with zero attached hydrogens (tertiary/aromatic N) is 1. The van der Waals surface area contributed by atoms with E-state index in [4.69, 9.17) is 0 Å². The van der Waals surface area contributed by atoms with E-state index in [0.29, 0.717) is 17.7 Å². The van der Waals surface area contributed by atoms with E-state index in [9.17, 15) is 5.11 Å². The molecule has 0 radical (unpaired) electrons. The molecule has 3 rings (SSSR count). The fraction of sp³-hybridized carbons (Fsp3) is 0.667. The molecule has 0 unspecified atom stereocenters. The number of phenols is 1. The fourth-order valence-electron chi connectivity index (χ4n) is 4.08. The lowest BCUT2D eigenvalue weighted by molar-refractivity contribution is 0.101. The number of hydrogen-bond donors (Lipinski definition) is 2. The third-order valence-corrected chi connectivity index (χ3v) is 5.23. The highest BCUT2D eigenvalue weighted by molar-refractivity contribution is 5.41. The number of aromatic hydroxyl groups is 1. The molecule has 0 amide bonds. The minimum absolute atomic E-state index is 0.396. The Balaban J connectivity index is 1.91. The van der Waals surface area contributed by atoms with Gasteiger partial charge in [-0.05, 0) is 31.2 Å².